The van der Waals surface area contributed by atoms with Gasteiger partial charge in [0.15, 0.2) is 0 Å². The Bertz CT molecular complexity index is 402. The van der Waals surface area contributed by atoms with Crippen LogP contribution in [0.15, 0.2) is 0 Å². The van der Waals surface area contributed by atoms with Crippen LogP contribution in [0, 0.1) is 19.3 Å². The number of rotatable bonds is 4. The molecule has 0 saturated carbocycles. The molecule has 1 heterocycles. The van der Waals surface area contributed by atoms with Crippen molar-refractivity contribution < 1.29 is 4.79 Å². The number of hydrogen-bond acceptors (Lipinski definition) is 5. The third-order valence-electron chi connectivity index (χ3n) is 2.45. The van der Waals surface area contributed by atoms with Crippen LogP contribution in [0.4, 0.5) is 5.95 Å². The Labute approximate surface area is 94.7 Å². The fraction of sp³-hybridized carbons (Fsp3) is 0.600. The number of primary amides is 1. The maximum Gasteiger partial charge on any atom is 0.242 e. The minimum absolute atomic E-state index is 0.364. The molecule has 0 radical (unpaired) electrons. The van der Waals surface area contributed by atoms with Crippen molar-refractivity contribution in [2.24, 2.45) is 11.1 Å². The molecule has 0 spiro atoms. The molecule has 6 nitrogen and oxygen atoms in total. The summed E-state index contributed by atoms with van der Waals surface area (Å²) in [5.74, 6) is 0.0502. The lowest BCUT2D eigenvalue weighted by Gasteiger charge is -2.20. The first kappa shape index (κ1) is 12.4. The molecule has 0 aliphatic carbocycles. The Hall–Kier alpha value is -1.72. The zero-order chi connectivity index (χ0) is 12.3. The van der Waals surface area contributed by atoms with Crippen LogP contribution in [0.5, 0.6) is 0 Å². The SMILES string of the molecule is Cc1nnc(NCC(C)(C)C(N)=O)nc1C. The molecule has 3 N–H and O–H groups in total. The van der Waals surface area contributed by atoms with Crippen molar-refractivity contribution in [3.05, 3.63) is 11.4 Å². The average Bonchev–Trinajstić information content (AvgIpc) is 2.20. The summed E-state index contributed by atoms with van der Waals surface area (Å²) in [7, 11) is 0. The maximum atomic E-state index is 11.1. The van der Waals surface area contributed by atoms with E-state index < -0.39 is 5.41 Å². The zero-order valence-electron chi connectivity index (χ0n) is 10.0. The molecule has 1 aromatic rings. The fourth-order valence-electron chi connectivity index (χ4n) is 0.919. The van der Waals surface area contributed by atoms with Crippen molar-refractivity contribution in [1.29, 1.82) is 0 Å². The lowest BCUT2D eigenvalue weighted by molar-refractivity contribution is -0.125. The maximum absolute atomic E-state index is 11.1. The van der Waals surface area contributed by atoms with Gasteiger partial charge in [0, 0.05) is 6.54 Å². The second-order valence-corrected chi connectivity index (χ2v) is 4.41. The summed E-state index contributed by atoms with van der Waals surface area (Å²) in [6, 6.07) is 0. The van der Waals surface area contributed by atoms with Crippen LogP contribution in [0.1, 0.15) is 25.2 Å². The molecule has 16 heavy (non-hydrogen) atoms. The van der Waals surface area contributed by atoms with Crippen LogP contribution >= 0.6 is 0 Å². The molecular weight excluding hydrogens is 206 g/mol. The number of nitrogens with one attached hydrogen (secondary N) is 1. The van der Waals surface area contributed by atoms with E-state index in [4.69, 9.17) is 5.73 Å². The van der Waals surface area contributed by atoms with E-state index in [1.807, 2.05) is 13.8 Å². The highest BCUT2D eigenvalue weighted by Gasteiger charge is 2.24. The standard InChI is InChI=1S/C10H17N5O/c1-6-7(2)14-15-9(13-6)12-5-10(3,4)8(11)16/h5H2,1-4H3,(H2,11,16)(H,12,13,15). The second-order valence-electron chi connectivity index (χ2n) is 4.41. The molecule has 0 bridgehead atoms. The first-order valence-electron chi connectivity index (χ1n) is 5.04. The molecule has 6 heteroatoms. The third kappa shape index (κ3) is 2.88. The summed E-state index contributed by atoms with van der Waals surface area (Å²) >= 11 is 0. The summed E-state index contributed by atoms with van der Waals surface area (Å²) < 4.78 is 0. The van der Waals surface area contributed by atoms with E-state index >= 15 is 0 Å². The van der Waals surface area contributed by atoms with Crippen molar-refractivity contribution in [1.82, 2.24) is 15.2 Å². The van der Waals surface area contributed by atoms with Gasteiger partial charge in [0.25, 0.3) is 0 Å². The monoisotopic (exact) mass is 223 g/mol. The molecule has 0 aromatic carbocycles. The highest BCUT2D eigenvalue weighted by Crippen LogP contribution is 2.14. The van der Waals surface area contributed by atoms with Crippen molar-refractivity contribution in [3.63, 3.8) is 0 Å². The molecular formula is C10H17N5O. The van der Waals surface area contributed by atoms with E-state index in [0.29, 0.717) is 12.5 Å². The van der Waals surface area contributed by atoms with E-state index in [1.165, 1.54) is 0 Å². The Kier molecular flexibility index (Phi) is 3.41. The van der Waals surface area contributed by atoms with E-state index in [9.17, 15) is 4.79 Å². The van der Waals surface area contributed by atoms with Gasteiger partial charge in [-0.1, -0.05) is 0 Å². The largest absolute Gasteiger partial charge is 0.369 e. The molecule has 0 fully saturated rings. The Morgan fingerprint density at radius 2 is 1.94 bits per heavy atom. The summed E-state index contributed by atoms with van der Waals surface area (Å²) in [5.41, 5.74) is 6.22. The number of aromatic nitrogens is 3. The average molecular weight is 223 g/mol. The number of anilines is 1. The second kappa shape index (κ2) is 4.42. The van der Waals surface area contributed by atoms with E-state index in [1.54, 1.807) is 13.8 Å². The summed E-state index contributed by atoms with van der Waals surface area (Å²) in [5, 5.41) is 10.8. The highest BCUT2D eigenvalue weighted by molar-refractivity contribution is 5.80. The van der Waals surface area contributed by atoms with Gasteiger partial charge in [-0.25, -0.2) is 4.98 Å². The first-order chi connectivity index (χ1) is 7.33. The number of amides is 1. The Morgan fingerprint density at radius 1 is 1.31 bits per heavy atom. The normalized spacial score (nSPS) is 11.2. The Morgan fingerprint density at radius 3 is 2.44 bits per heavy atom. The number of nitrogens with two attached hydrogens (primary N) is 1. The molecule has 1 rings (SSSR count). The van der Waals surface area contributed by atoms with Gasteiger partial charge in [-0.2, -0.15) is 5.10 Å². The van der Waals surface area contributed by atoms with Gasteiger partial charge in [-0.15, -0.1) is 5.10 Å². The van der Waals surface area contributed by atoms with Crippen LogP contribution in [0.2, 0.25) is 0 Å². The minimum atomic E-state index is -0.637. The van der Waals surface area contributed by atoms with Crippen molar-refractivity contribution in [2.45, 2.75) is 27.7 Å². The number of carbonyl (C=O) groups excluding carboxylic acids is 1. The lowest BCUT2D eigenvalue weighted by atomic mass is 9.93. The summed E-state index contributed by atoms with van der Waals surface area (Å²) in [6.45, 7) is 7.60. The summed E-state index contributed by atoms with van der Waals surface area (Å²) in [4.78, 5) is 15.3. The van der Waals surface area contributed by atoms with Gasteiger partial charge < -0.3 is 11.1 Å². The molecule has 0 saturated heterocycles. The smallest absolute Gasteiger partial charge is 0.242 e. The molecule has 0 atom stereocenters. The first-order valence-corrected chi connectivity index (χ1v) is 5.04. The predicted octanol–water partition coefficient (Wildman–Crippen LogP) is 0.412. The van der Waals surface area contributed by atoms with Crippen LogP contribution in [0.3, 0.4) is 0 Å². The van der Waals surface area contributed by atoms with Crippen LogP contribution < -0.4 is 11.1 Å². The third-order valence-corrected chi connectivity index (χ3v) is 2.45. The van der Waals surface area contributed by atoms with E-state index in [0.717, 1.165) is 11.4 Å². The highest BCUT2D eigenvalue weighted by atomic mass is 16.1. The van der Waals surface area contributed by atoms with E-state index in [2.05, 4.69) is 20.5 Å². The van der Waals surface area contributed by atoms with Crippen molar-refractivity contribution in [2.75, 3.05) is 11.9 Å². The van der Waals surface area contributed by atoms with Gasteiger partial charge in [0.1, 0.15) is 0 Å². The Balaban J connectivity index is 2.68. The van der Waals surface area contributed by atoms with Crippen LogP contribution in [0.25, 0.3) is 0 Å². The van der Waals surface area contributed by atoms with Gasteiger partial charge in [-0.3, -0.25) is 4.79 Å². The molecule has 0 aliphatic heterocycles. The number of aryl methyl sites for hydroxylation is 2. The van der Waals surface area contributed by atoms with Gasteiger partial charge >= 0.3 is 0 Å². The minimum Gasteiger partial charge on any atom is -0.369 e. The van der Waals surface area contributed by atoms with Gasteiger partial charge in [0.05, 0.1) is 16.8 Å². The molecule has 1 aromatic heterocycles. The van der Waals surface area contributed by atoms with Crippen LogP contribution in [-0.2, 0) is 4.79 Å². The lowest BCUT2D eigenvalue weighted by Crippen LogP contribution is -2.37. The van der Waals surface area contributed by atoms with Crippen molar-refractivity contribution >= 4 is 11.9 Å². The number of nitrogens with zero attached hydrogens (tertiary/aromatic N) is 3. The zero-order valence-corrected chi connectivity index (χ0v) is 10.0. The fourth-order valence-corrected chi connectivity index (χ4v) is 0.919. The number of hydrogen-bond donors (Lipinski definition) is 2. The van der Waals surface area contributed by atoms with Gasteiger partial charge in [0.2, 0.25) is 11.9 Å². The van der Waals surface area contributed by atoms with Crippen molar-refractivity contribution in [3.8, 4) is 0 Å². The quantitative estimate of drug-likeness (QED) is 0.771. The molecule has 0 aliphatic rings. The van der Waals surface area contributed by atoms with E-state index in [-0.39, 0.29) is 5.91 Å². The van der Waals surface area contributed by atoms with Gasteiger partial charge in [-0.05, 0) is 27.7 Å². The molecule has 1 amide bonds. The summed E-state index contributed by atoms with van der Waals surface area (Å²) in [6.07, 6.45) is 0. The number of carbonyl (C=O) groups is 1. The molecule has 88 valence electrons. The van der Waals surface area contributed by atoms with Crippen LogP contribution in [-0.4, -0.2) is 27.6 Å². The molecule has 0 unspecified atom stereocenters. The predicted molar refractivity (Wildman–Crippen MR) is 60.8 cm³/mol. The topological polar surface area (TPSA) is 93.8 Å².